The molecule has 58 heavy (non-hydrogen) atoms. The van der Waals surface area contributed by atoms with Gasteiger partial charge in [0.15, 0.2) is 6.10 Å². The van der Waals surface area contributed by atoms with E-state index in [9.17, 15) is 14.4 Å². The smallest absolute Gasteiger partial charge is 0.309 e. The van der Waals surface area contributed by atoms with Crippen molar-refractivity contribution in [2.75, 3.05) is 13.2 Å². The molecule has 1 atom stereocenters. The van der Waals surface area contributed by atoms with Crippen LogP contribution in [0.2, 0.25) is 0 Å². The van der Waals surface area contributed by atoms with Gasteiger partial charge in [-0.15, -0.1) is 0 Å². The first-order valence-electron chi connectivity index (χ1n) is 23.6. The molecule has 0 aliphatic heterocycles. The number of carbonyl (C=O) groups excluding carboxylic acids is 3. The molecular formula is C52H86O6. The molecule has 0 aromatic rings. The molecule has 0 N–H and O–H groups in total. The third-order valence-corrected chi connectivity index (χ3v) is 9.70. The van der Waals surface area contributed by atoms with Crippen LogP contribution >= 0.6 is 0 Å². The van der Waals surface area contributed by atoms with Gasteiger partial charge >= 0.3 is 17.9 Å². The van der Waals surface area contributed by atoms with Gasteiger partial charge in [-0.1, -0.05) is 189 Å². The topological polar surface area (TPSA) is 78.9 Å². The number of hydrogen-bond donors (Lipinski definition) is 0. The largest absolute Gasteiger partial charge is 0.462 e. The van der Waals surface area contributed by atoms with Gasteiger partial charge in [0.25, 0.3) is 0 Å². The highest BCUT2D eigenvalue weighted by Gasteiger charge is 2.19. The van der Waals surface area contributed by atoms with E-state index >= 15 is 0 Å². The summed E-state index contributed by atoms with van der Waals surface area (Å²) in [6, 6.07) is 0. The fraction of sp³-hybridized carbons (Fsp3) is 0.673. The molecule has 0 saturated heterocycles. The van der Waals surface area contributed by atoms with Crippen molar-refractivity contribution in [2.24, 2.45) is 0 Å². The zero-order chi connectivity index (χ0) is 42.3. The molecule has 0 aliphatic carbocycles. The van der Waals surface area contributed by atoms with Crippen molar-refractivity contribution in [1.29, 1.82) is 0 Å². The third-order valence-electron chi connectivity index (χ3n) is 9.70. The van der Waals surface area contributed by atoms with Crippen LogP contribution in [0.25, 0.3) is 0 Å². The molecule has 0 rings (SSSR count). The number of allylic oxidation sites excluding steroid dienone is 13. The Labute approximate surface area is 356 Å². The molecule has 0 saturated carbocycles. The Balaban J connectivity index is 4.46. The van der Waals surface area contributed by atoms with Gasteiger partial charge < -0.3 is 14.2 Å². The Morgan fingerprint density at radius 2 is 0.810 bits per heavy atom. The predicted octanol–water partition coefficient (Wildman–Crippen LogP) is 15.3. The second-order valence-electron chi connectivity index (χ2n) is 15.4. The average molecular weight is 807 g/mol. The fourth-order valence-corrected chi connectivity index (χ4v) is 6.14. The minimum Gasteiger partial charge on any atom is -0.462 e. The van der Waals surface area contributed by atoms with E-state index in [1.165, 1.54) is 70.6 Å². The molecule has 1 unspecified atom stereocenters. The quantitative estimate of drug-likeness (QED) is 0.0201. The Kier molecular flexibility index (Phi) is 43.6. The van der Waals surface area contributed by atoms with Crippen LogP contribution in [0.4, 0.5) is 0 Å². The first-order valence-corrected chi connectivity index (χ1v) is 23.6. The van der Waals surface area contributed by atoms with Gasteiger partial charge in [0.2, 0.25) is 0 Å². The van der Waals surface area contributed by atoms with Gasteiger partial charge in [-0.05, 0) is 83.5 Å². The van der Waals surface area contributed by atoms with Gasteiger partial charge in [0.1, 0.15) is 13.2 Å². The highest BCUT2D eigenvalue weighted by atomic mass is 16.6. The zero-order valence-corrected chi connectivity index (χ0v) is 37.5. The summed E-state index contributed by atoms with van der Waals surface area (Å²) in [4.78, 5) is 37.7. The number of carbonyl (C=O) groups is 3. The molecule has 0 amide bonds. The molecule has 0 aromatic heterocycles. The summed E-state index contributed by atoms with van der Waals surface area (Å²) in [5, 5.41) is 0. The van der Waals surface area contributed by atoms with Gasteiger partial charge in [0.05, 0.1) is 6.42 Å². The Bertz CT molecular complexity index is 1160. The van der Waals surface area contributed by atoms with Gasteiger partial charge in [-0.3, -0.25) is 14.4 Å². The second-order valence-corrected chi connectivity index (χ2v) is 15.4. The molecule has 6 nitrogen and oxygen atoms in total. The molecular weight excluding hydrogens is 721 g/mol. The van der Waals surface area contributed by atoms with Crippen molar-refractivity contribution >= 4 is 17.9 Å². The van der Waals surface area contributed by atoms with Crippen LogP contribution < -0.4 is 0 Å². The Morgan fingerprint density at radius 3 is 1.34 bits per heavy atom. The standard InChI is InChI=1S/C52H86O6/c1-4-7-10-13-16-19-21-23-24-25-26-27-29-30-33-36-39-42-45-51(54)57-48-49(47-56-50(53)44-41-38-35-32-18-15-12-9-6-3)58-52(55)46-43-40-37-34-31-28-22-20-17-14-11-8-5-2/h9,12,18,21,23-28,31-32,38,41,49H,4-8,10-11,13-17,19-20,22,29-30,33-37,39-40,42-48H2,1-3H3/b12-9-,23-21-,25-24-,27-26-,31-28-,32-18-,41-38-. The normalized spacial score (nSPS) is 12.8. The third kappa shape index (κ3) is 43.7. The number of ether oxygens (including phenoxy) is 3. The first-order chi connectivity index (χ1) is 28.5. The van der Waals surface area contributed by atoms with Gasteiger partial charge in [0, 0.05) is 12.8 Å². The summed E-state index contributed by atoms with van der Waals surface area (Å²) in [5.41, 5.74) is 0. The van der Waals surface area contributed by atoms with E-state index in [1.54, 1.807) is 6.08 Å². The number of hydrogen-bond acceptors (Lipinski definition) is 6. The Morgan fingerprint density at radius 1 is 0.397 bits per heavy atom. The van der Waals surface area contributed by atoms with E-state index in [0.29, 0.717) is 6.42 Å². The van der Waals surface area contributed by atoms with Crippen molar-refractivity contribution in [1.82, 2.24) is 0 Å². The average Bonchev–Trinajstić information content (AvgIpc) is 3.22. The summed E-state index contributed by atoms with van der Waals surface area (Å²) < 4.78 is 16.6. The van der Waals surface area contributed by atoms with E-state index in [4.69, 9.17) is 14.2 Å². The van der Waals surface area contributed by atoms with Crippen LogP contribution in [-0.4, -0.2) is 37.2 Å². The maximum Gasteiger partial charge on any atom is 0.309 e. The molecule has 0 bridgehead atoms. The summed E-state index contributed by atoms with van der Waals surface area (Å²) >= 11 is 0. The summed E-state index contributed by atoms with van der Waals surface area (Å²) in [5.74, 6) is -1.09. The fourth-order valence-electron chi connectivity index (χ4n) is 6.14. The Hall–Kier alpha value is -3.41. The summed E-state index contributed by atoms with van der Waals surface area (Å²) in [6.45, 7) is 6.35. The summed E-state index contributed by atoms with van der Waals surface area (Å²) in [6.07, 6.45) is 58.9. The van der Waals surface area contributed by atoms with E-state index in [1.807, 2.05) is 6.08 Å². The maximum absolute atomic E-state index is 12.7. The predicted molar refractivity (Wildman–Crippen MR) is 247 cm³/mol. The monoisotopic (exact) mass is 807 g/mol. The van der Waals surface area contributed by atoms with Crippen LogP contribution in [-0.2, 0) is 28.6 Å². The van der Waals surface area contributed by atoms with E-state index in [2.05, 4.69) is 93.7 Å². The second kappa shape index (κ2) is 46.3. The molecule has 330 valence electrons. The zero-order valence-electron chi connectivity index (χ0n) is 37.5. The lowest BCUT2D eigenvalue weighted by molar-refractivity contribution is -0.166. The first kappa shape index (κ1) is 54.6. The minimum atomic E-state index is -0.826. The van der Waals surface area contributed by atoms with Crippen molar-refractivity contribution in [2.45, 2.75) is 213 Å². The van der Waals surface area contributed by atoms with Crippen LogP contribution in [0.3, 0.4) is 0 Å². The van der Waals surface area contributed by atoms with Crippen LogP contribution in [0.15, 0.2) is 85.1 Å². The van der Waals surface area contributed by atoms with Crippen molar-refractivity contribution in [3.8, 4) is 0 Å². The molecule has 0 heterocycles. The molecule has 6 heteroatoms. The SMILES string of the molecule is CC/C=C\C/C=C\C/C=C\CC(=O)OCC(COC(=O)CCCCCCC\C=C/C=C\C=C/CCCCCCC)OC(=O)CCCCC/C=C\CCCCCCCC. The van der Waals surface area contributed by atoms with Gasteiger partial charge in [-0.25, -0.2) is 0 Å². The van der Waals surface area contributed by atoms with E-state index in [0.717, 1.165) is 96.3 Å². The minimum absolute atomic E-state index is 0.121. The van der Waals surface area contributed by atoms with Gasteiger partial charge in [-0.2, -0.15) is 0 Å². The van der Waals surface area contributed by atoms with Crippen molar-refractivity contribution in [3.05, 3.63) is 85.1 Å². The molecule has 0 aliphatic rings. The van der Waals surface area contributed by atoms with E-state index in [-0.39, 0.29) is 38.0 Å². The lowest BCUT2D eigenvalue weighted by atomic mass is 10.1. The van der Waals surface area contributed by atoms with Crippen LogP contribution in [0.5, 0.6) is 0 Å². The van der Waals surface area contributed by atoms with Crippen LogP contribution in [0, 0.1) is 0 Å². The highest BCUT2D eigenvalue weighted by molar-refractivity contribution is 5.72. The van der Waals surface area contributed by atoms with Crippen molar-refractivity contribution in [3.63, 3.8) is 0 Å². The maximum atomic E-state index is 12.7. The van der Waals surface area contributed by atoms with Crippen LogP contribution in [0.1, 0.15) is 207 Å². The van der Waals surface area contributed by atoms with E-state index < -0.39 is 12.1 Å². The molecule has 0 fully saturated rings. The number of unbranched alkanes of at least 4 members (excludes halogenated alkanes) is 19. The molecule has 0 radical (unpaired) electrons. The number of rotatable bonds is 41. The molecule has 0 aromatic carbocycles. The number of esters is 3. The lowest BCUT2D eigenvalue weighted by Crippen LogP contribution is -2.30. The molecule has 0 spiro atoms. The highest BCUT2D eigenvalue weighted by Crippen LogP contribution is 2.12. The summed E-state index contributed by atoms with van der Waals surface area (Å²) in [7, 11) is 0. The lowest BCUT2D eigenvalue weighted by Gasteiger charge is -2.18. The van der Waals surface area contributed by atoms with Crippen molar-refractivity contribution < 1.29 is 28.6 Å².